The molecule has 2 rings (SSSR count). The quantitative estimate of drug-likeness (QED) is 0.356. The molecule has 118 valence electrons. The Labute approximate surface area is 136 Å². The number of carbonyl (C=O) groups excluding carboxylic acids is 1. The molecule has 0 amide bonds. The number of para-hydroxylation sites is 1. The van der Waals surface area contributed by atoms with Crippen LogP contribution in [0.2, 0.25) is 5.02 Å². The fraction of sp³-hybridized carbons (Fsp3) is 0.0625. The smallest absolute Gasteiger partial charge is 0.331 e. The monoisotopic (exact) mass is 335 g/mol. The highest BCUT2D eigenvalue weighted by molar-refractivity contribution is 6.31. The Morgan fingerprint density at radius 1 is 1.26 bits per heavy atom. The fourth-order valence-electron chi connectivity index (χ4n) is 1.81. The molecule has 0 atom stereocenters. The van der Waals surface area contributed by atoms with E-state index < -0.39 is 16.7 Å². The Bertz CT molecular complexity index is 756. The number of rotatable bonds is 5. The van der Waals surface area contributed by atoms with Crippen LogP contribution >= 0.6 is 11.6 Å². The summed E-state index contributed by atoms with van der Waals surface area (Å²) in [6.45, 7) is -0.328. The second kappa shape index (κ2) is 7.51. The molecule has 0 saturated carbocycles. The van der Waals surface area contributed by atoms with Gasteiger partial charge < -0.3 is 4.74 Å². The lowest BCUT2D eigenvalue weighted by Gasteiger charge is -2.05. The molecule has 7 heteroatoms. The van der Waals surface area contributed by atoms with Gasteiger partial charge in [-0.2, -0.15) is 0 Å². The largest absolute Gasteiger partial charge is 0.457 e. The van der Waals surface area contributed by atoms with E-state index in [0.717, 1.165) is 6.08 Å². The van der Waals surface area contributed by atoms with E-state index in [1.54, 1.807) is 6.07 Å². The number of benzene rings is 2. The third-order valence-corrected chi connectivity index (χ3v) is 3.31. The standard InChI is InChI=1S/C16H11ClFNO4/c17-13-5-3-6-14(18)12(13)10-23-16(20)9-8-11-4-1-2-7-15(11)19(21)22/h1-9H,10H2. The first-order valence-electron chi connectivity index (χ1n) is 6.50. The molecule has 23 heavy (non-hydrogen) atoms. The molecule has 0 N–H and O–H groups in total. The summed E-state index contributed by atoms with van der Waals surface area (Å²) in [5.74, 6) is -1.34. The number of halogens is 2. The zero-order chi connectivity index (χ0) is 16.8. The summed E-state index contributed by atoms with van der Waals surface area (Å²) in [7, 11) is 0. The van der Waals surface area contributed by atoms with Crippen LogP contribution in [0, 0.1) is 15.9 Å². The number of nitrogens with zero attached hydrogens (tertiary/aromatic N) is 1. The van der Waals surface area contributed by atoms with Crippen molar-refractivity contribution < 1.29 is 18.8 Å². The van der Waals surface area contributed by atoms with Gasteiger partial charge in [0.05, 0.1) is 15.5 Å². The van der Waals surface area contributed by atoms with E-state index in [-0.39, 0.29) is 28.4 Å². The van der Waals surface area contributed by atoms with Crippen molar-refractivity contribution in [2.75, 3.05) is 0 Å². The van der Waals surface area contributed by atoms with Gasteiger partial charge in [0.15, 0.2) is 0 Å². The van der Waals surface area contributed by atoms with E-state index in [1.165, 1.54) is 42.5 Å². The van der Waals surface area contributed by atoms with Gasteiger partial charge in [0.2, 0.25) is 0 Å². The van der Waals surface area contributed by atoms with Gasteiger partial charge in [0.25, 0.3) is 5.69 Å². The number of esters is 1. The molecular weight excluding hydrogens is 325 g/mol. The molecule has 0 bridgehead atoms. The molecule has 0 radical (unpaired) electrons. The number of hydrogen-bond acceptors (Lipinski definition) is 4. The second-order valence-corrected chi connectivity index (χ2v) is 4.86. The van der Waals surface area contributed by atoms with Gasteiger partial charge in [-0.05, 0) is 24.3 Å². The molecule has 0 fully saturated rings. The van der Waals surface area contributed by atoms with Gasteiger partial charge in [-0.15, -0.1) is 0 Å². The van der Waals surface area contributed by atoms with Gasteiger partial charge in [-0.25, -0.2) is 9.18 Å². The van der Waals surface area contributed by atoms with Crippen molar-refractivity contribution >= 4 is 29.3 Å². The molecule has 0 aromatic heterocycles. The predicted molar refractivity (Wildman–Crippen MR) is 83.3 cm³/mol. The third-order valence-electron chi connectivity index (χ3n) is 2.95. The topological polar surface area (TPSA) is 69.4 Å². The van der Waals surface area contributed by atoms with Crippen LogP contribution in [0.4, 0.5) is 10.1 Å². The summed E-state index contributed by atoms with van der Waals surface area (Å²) in [6, 6.07) is 10.1. The maximum absolute atomic E-state index is 13.5. The number of ether oxygens (including phenoxy) is 1. The molecule has 0 heterocycles. The highest BCUT2D eigenvalue weighted by Crippen LogP contribution is 2.21. The van der Waals surface area contributed by atoms with Crippen molar-refractivity contribution in [3.63, 3.8) is 0 Å². The van der Waals surface area contributed by atoms with Crippen molar-refractivity contribution in [1.82, 2.24) is 0 Å². The van der Waals surface area contributed by atoms with E-state index in [4.69, 9.17) is 16.3 Å². The molecule has 0 aliphatic carbocycles. The fourth-order valence-corrected chi connectivity index (χ4v) is 2.03. The van der Waals surface area contributed by atoms with Crippen molar-refractivity contribution in [3.8, 4) is 0 Å². The van der Waals surface area contributed by atoms with Gasteiger partial charge in [0.1, 0.15) is 12.4 Å². The Hall–Kier alpha value is -2.73. The number of carbonyl (C=O) groups is 1. The predicted octanol–water partition coefficient (Wildman–Crippen LogP) is 4.14. The summed E-state index contributed by atoms with van der Waals surface area (Å²) in [5, 5.41) is 11.0. The molecule has 5 nitrogen and oxygen atoms in total. The molecular formula is C16H11ClFNO4. The van der Waals surface area contributed by atoms with Crippen molar-refractivity contribution in [3.05, 3.63) is 80.6 Å². The summed E-state index contributed by atoms with van der Waals surface area (Å²) < 4.78 is 18.4. The van der Waals surface area contributed by atoms with E-state index in [2.05, 4.69) is 0 Å². The number of hydrogen-bond donors (Lipinski definition) is 0. The summed E-state index contributed by atoms with van der Waals surface area (Å²) in [6.07, 6.45) is 2.31. The van der Waals surface area contributed by atoms with Crippen LogP contribution in [-0.2, 0) is 16.1 Å². The van der Waals surface area contributed by atoms with Crippen LogP contribution in [0.25, 0.3) is 6.08 Å². The summed E-state index contributed by atoms with van der Waals surface area (Å²) in [5.41, 5.74) is 0.202. The SMILES string of the molecule is O=C(C=Cc1ccccc1[N+](=O)[O-])OCc1c(F)cccc1Cl. The van der Waals surface area contributed by atoms with Gasteiger partial charge >= 0.3 is 5.97 Å². The van der Waals surface area contributed by atoms with E-state index in [9.17, 15) is 19.3 Å². The van der Waals surface area contributed by atoms with Crippen LogP contribution < -0.4 is 0 Å². The van der Waals surface area contributed by atoms with Crippen LogP contribution in [0.3, 0.4) is 0 Å². The molecule has 2 aromatic carbocycles. The first-order chi connectivity index (χ1) is 11.0. The maximum atomic E-state index is 13.5. The van der Waals surface area contributed by atoms with Crippen molar-refractivity contribution in [2.24, 2.45) is 0 Å². The van der Waals surface area contributed by atoms with E-state index in [1.807, 2.05) is 0 Å². The lowest BCUT2D eigenvalue weighted by molar-refractivity contribution is -0.385. The zero-order valence-corrected chi connectivity index (χ0v) is 12.5. The molecule has 0 aliphatic heterocycles. The van der Waals surface area contributed by atoms with Gasteiger partial charge in [0, 0.05) is 17.7 Å². The maximum Gasteiger partial charge on any atom is 0.331 e. The minimum atomic E-state index is -0.762. The normalized spacial score (nSPS) is 10.7. The van der Waals surface area contributed by atoms with Crippen LogP contribution in [-0.4, -0.2) is 10.9 Å². The highest BCUT2D eigenvalue weighted by Gasteiger charge is 2.11. The van der Waals surface area contributed by atoms with Crippen LogP contribution in [0.5, 0.6) is 0 Å². The lowest BCUT2D eigenvalue weighted by atomic mass is 10.1. The Morgan fingerprint density at radius 3 is 2.70 bits per heavy atom. The van der Waals surface area contributed by atoms with E-state index >= 15 is 0 Å². The average Bonchev–Trinajstić information content (AvgIpc) is 2.52. The zero-order valence-electron chi connectivity index (χ0n) is 11.7. The first kappa shape index (κ1) is 16.6. The van der Waals surface area contributed by atoms with Crippen LogP contribution in [0.15, 0.2) is 48.5 Å². The minimum Gasteiger partial charge on any atom is -0.457 e. The highest BCUT2D eigenvalue weighted by atomic mass is 35.5. The third kappa shape index (κ3) is 4.37. The Balaban J connectivity index is 2.04. The second-order valence-electron chi connectivity index (χ2n) is 4.46. The summed E-state index contributed by atoms with van der Waals surface area (Å²) in [4.78, 5) is 21.9. The number of nitro groups is 1. The van der Waals surface area contributed by atoms with Gasteiger partial charge in [-0.1, -0.05) is 29.8 Å². The molecule has 0 spiro atoms. The lowest BCUT2D eigenvalue weighted by Crippen LogP contribution is -2.03. The Kier molecular flexibility index (Phi) is 5.43. The van der Waals surface area contributed by atoms with E-state index in [0.29, 0.717) is 0 Å². The summed E-state index contributed by atoms with van der Waals surface area (Å²) >= 11 is 5.82. The molecule has 0 saturated heterocycles. The molecule has 0 aliphatic rings. The van der Waals surface area contributed by atoms with Crippen molar-refractivity contribution in [1.29, 1.82) is 0 Å². The molecule has 0 unspecified atom stereocenters. The van der Waals surface area contributed by atoms with Crippen molar-refractivity contribution in [2.45, 2.75) is 6.61 Å². The first-order valence-corrected chi connectivity index (χ1v) is 6.88. The minimum absolute atomic E-state index is 0.0709. The number of nitro benzene ring substituents is 1. The van der Waals surface area contributed by atoms with Gasteiger partial charge in [-0.3, -0.25) is 10.1 Å². The molecule has 2 aromatic rings. The Morgan fingerprint density at radius 2 is 2.00 bits per heavy atom. The average molecular weight is 336 g/mol. The van der Waals surface area contributed by atoms with Crippen LogP contribution in [0.1, 0.15) is 11.1 Å².